The van der Waals surface area contributed by atoms with Crippen LogP contribution < -0.4 is 0 Å². The zero-order valence-corrected chi connectivity index (χ0v) is 12.3. The van der Waals surface area contributed by atoms with Gasteiger partial charge in [-0.3, -0.25) is 0 Å². The Kier molecular flexibility index (Phi) is 4.91. The van der Waals surface area contributed by atoms with Crippen molar-refractivity contribution in [2.75, 3.05) is 12.4 Å². The maximum atomic E-state index is 9.73. The van der Waals surface area contributed by atoms with Crippen LogP contribution in [-0.2, 0) is 4.74 Å². The molecule has 1 saturated heterocycles. The Bertz CT molecular complexity index is 376. The van der Waals surface area contributed by atoms with Gasteiger partial charge in [-0.1, -0.05) is 22.0 Å². The lowest BCUT2D eigenvalue weighted by Gasteiger charge is -2.14. The molecule has 2 unspecified atom stereocenters. The predicted molar refractivity (Wildman–Crippen MR) is 74.5 cm³/mol. The maximum Gasteiger partial charge on any atom is 0.0772 e. The van der Waals surface area contributed by atoms with Gasteiger partial charge in [-0.25, -0.2) is 0 Å². The highest BCUT2D eigenvalue weighted by molar-refractivity contribution is 9.10. The molecule has 4 heteroatoms. The molecule has 0 radical (unpaired) electrons. The van der Waals surface area contributed by atoms with E-state index in [1.807, 2.05) is 12.1 Å². The summed E-state index contributed by atoms with van der Waals surface area (Å²) in [5.41, 5.74) is 0.996. The topological polar surface area (TPSA) is 29.5 Å². The molecule has 1 aliphatic heterocycles. The third-order valence-electron chi connectivity index (χ3n) is 2.87. The summed E-state index contributed by atoms with van der Waals surface area (Å²) < 4.78 is 6.66. The molecule has 0 spiro atoms. The molecule has 1 heterocycles. The summed E-state index contributed by atoms with van der Waals surface area (Å²) in [5.74, 6) is 0.968. The molecule has 0 amide bonds. The highest BCUT2D eigenvalue weighted by Gasteiger charge is 2.17. The fourth-order valence-electron chi connectivity index (χ4n) is 1.94. The van der Waals surface area contributed by atoms with Crippen LogP contribution in [0.2, 0.25) is 0 Å². The molecule has 1 N–H and O–H groups in total. The van der Waals surface area contributed by atoms with Crippen molar-refractivity contribution in [1.82, 2.24) is 0 Å². The smallest absolute Gasteiger partial charge is 0.0772 e. The summed E-state index contributed by atoms with van der Waals surface area (Å²) in [6, 6.07) is 6.02. The number of halogens is 1. The van der Waals surface area contributed by atoms with Gasteiger partial charge in [0, 0.05) is 21.7 Å². The van der Waals surface area contributed by atoms with Crippen molar-refractivity contribution in [3.05, 3.63) is 28.2 Å². The Morgan fingerprint density at radius 3 is 3.06 bits per heavy atom. The van der Waals surface area contributed by atoms with Crippen LogP contribution in [-0.4, -0.2) is 23.6 Å². The van der Waals surface area contributed by atoms with E-state index in [1.165, 1.54) is 6.42 Å². The Labute approximate surface area is 115 Å². The lowest BCUT2D eigenvalue weighted by atomic mass is 10.1. The van der Waals surface area contributed by atoms with Crippen molar-refractivity contribution < 1.29 is 9.84 Å². The molecule has 94 valence electrons. The minimum Gasteiger partial charge on any atom is -0.389 e. The molecule has 1 aromatic carbocycles. The van der Waals surface area contributed by atoms with Crippen molar-refractivity contribution in [2.45, 2.75) is 36.9 Å². The average Bonchev–Trinajstić information content (AvgIpc) is 2.78. The molecule has 2 rings (SSSR count). The van der Waals surface area contributed by atoms with Crippen LogP contribution in [0.3, 0.4) is 0 Å². The SMILES string of the molecule is CC(O)c1ccc(Br)cc1SCC1CCCO1. The first kappa shape index (κ1) is 13.4. The molecule has 17 heavy (non-hydrogen) atoms. The average molecular weight is 317 g/mol. The second-order valence-electron chi connectivity index (χ2n) is 4.30. The Morgan fingerprint density at radius 2 is 2.41 bits per heavy atom. The van der Waals surface area contributed by atoms with E-state index in [1.54, 1.807) is 18.7 Å². The largest absolute Gasteiger partial charge is 0.389 e. The lowest BCUT2D eigenvalue weighted by Crippen LogP contribution is -2.08. The number of rotatable bonds is 4. The normalized spacial score (nSPS) is 21.7. The molecule has 0 bridgehead atoms. The van der Waals surface area contributed by atoms with E-state index in [9.17, 15) is 5.11 Å². The van der Waals surface area contributed by atoms with Crippen LogP contribution in [0, 0.1) is 0 Å². The molecule has 0 aliphatic carbocycles. The summed E-state index contributed by atoms with van der Waals surface area (Å²) in [6.07, 6.45) is 2.29. The van der Waals surface area contributed by atoms with E-state index in [-0.39, 0.29) is 0 Å². The first-order valence-electron chi connectivity index (χ1n) is 5.88. The zero-order valence-electron chi connectivity index (χ0n) is 9.86. The van der Waals surface area contributed by atoms with Gasteiger partial charge in [-0.05, 0) is 37.5 Å². The predicted octanol–water partition coefficient (Wildman–Crippen LogP) is 3.77. The van der Waals surface area contributed by atoms with E-state index in [0.717, 1.165) is 33.7 Å². The van der Waals surface area contributed by atoms with Gasteiger partial charge in [-0.15, -0.1) is 11.8 Å². The molecular weight excluding hydrogens is 300 g/mol. The zero-order chi connectivity index (χ0) is 12.3. The van der Waals surface area contributed by atoms with Gasteiger partial charge in [0.05, 0.1) is 12.2 Å². The van der Waals surface area contributed by atoms with Crippen molar-refractivity contribution in [2.24, 2.45) is 0 Å². The van der Waals surface area contributed by atoms with Crippen molar-refractivity contribution in [1.29, 1.82) is 0 Å². The van der Waals surface area contributed by atoms with Gasteiger partial charge in [0.1, 0.15) is 0 Å². The molecule has 2 nitrogen and oxygen atoms in total. The summed E-state index contributed by atoms with van der Waals surface area (Å²) in [5, 5.41) is 9.73. The minimum atomic E-state index is -0.421. The summed E-state index contributed by atoms with van der Waals surface area (Å²) >= 11 is 5.24. The molecule has 0 aromatic heterocycles. The Hall–Kier alpha value is -0.0300. The summed E-state index contributed by atoms with van der Waals surface area (Å²) in [4.78, 5) is 1.14. The van der Waals surface area contributed by atoms with Crippen molar-refractivity contribution in [3.63, 3.8) is 0 Å². The van der Waals surface area contributed by atoms with E-state index < -0.39 is 6.10 Å². The third-order valence-corrected chi connectivity index (χ3v) is 4.57. The fourth-order valence-corrected chi connectivity index (χ4v) is 3.69. The van der Waals surface area contributed by atoms with Crippen molar-refractivity contribution in [3.8, 4) is 0 Å². The van der Waals surface area contributed by atoms with E-state index in [2.05, 4.69) is 22.0 Å². The van der Waals surface area contributed by atoms with E-state index >= 15 is 0 Å². The first-order chi connectivity index (χ1) is 8.16. The van der Waals surface area contributed by atoms with Gasteiger partial charge in [-0.2, -0.15) is 0 Å². The van der Waals surface area contributed by atoms with Crippen LogP contribution in [0.1, 0.15) is 31.4 Å². The Balaban J connectivity index is 2.04. The molecule has 2 atom stereocenters. The number of aliphatic hydroxyl groups is 1. The highest BCUT2D eigenvalue weighted by atomic mass is 79.9. The van der Waals surface area contributed by atoms with Gasteiger partial charge in [0.15, 0.2) is 0 Å². The second kappa shape index (κ2) is 6.23. The number of benzene rings is 1. The van der Waals surface area contributed by atoms with Gasteiger partial charge < -0.3 is 9.84 Å². The van der Waals surface area contributed by atoms with Crippen LogP contribution in [0.25, 0.3) is 0 Å². The molecule has 1 aromatic rings. The van der Waals surface area contributed by atoms with Crippen LogP contribution in [0.4, 0.5) is 0 Å². The first-order valence-corrected chi connectivity index (χ1v) is 7.66. The molecular formula is C13H17BrO2S. The molecule has 1 fully saturated rings. The van der Waals surface area contributed by atoms with Crippen LogP contribution in [0.5, 0.6) is 0 Å². The molecule has 0 saturated carbocycles. The highest BCUT2D eigenvalue weighted by Crippen LogP contribution is 2.32. The minimum absolute atomic E-state index is 0.376. The lowest BCUT2D eigenvalue weighted by molar-refractivity contribution is 0.129. The number of thioether (sulfide) groups is 1. The Morgan fingerprint density at radius 1 is 1.59 bits per heavy atom. The number of hydrogen-bond donors (Lipinski definition) is 1. The number of hydrogen-bond acceptors (Lipinski definition) is 3. The number of aliphatic hydroxyl groups excluding tert-OH is 1. The third kappa shape index (κ3) is 3.71. The maximum absolute atomic E-state index is 9.73. The second-order valence-corrected chi connectivity index (χ2v) is 6.28. The quantitative estimate of drug-likeness (QED) is 0.857. The number of ether oxygens (including phenoxy) is 1. The summed E-state index contributed by atoms with van der Waals surface area (Å²) in [6.45, 7) is 2.70. The van der Waals surface area contributed by atoms with Gasteiger partial charge in [0.25, 0.3) is 0 Å². The van der Waals surface area contributed by atoms with Crippen LogP contribution >= 0.6 is 27.7 Å². The van der Waals surface area contributed by atoms with Gasteiger partial charge in [0.2, 0.25) is 0 Å². The van der Waals surface area contributed by atoms with Gasteiger partial charge >= 0.3 is 0 Å². The fraction of sp³-hybridized carbons (Fsp3) is 0.538. The standard InChI is InChI=1S/C13H17BrO2S/c1-9(15)12-5-4-10(14)7-13(12)17-8-11-3-2-6-16-11/h4-5,7,9,11,15H,2-3,6,8H2,1H3. The monoisotopic (exact) mass is 316 g/mol. The van der Waals surface area contributed by atoms with Crippen molar-refractivity contribution >= 4 is 27.7 Å². The van der Waals surface area contributed by atoms with Crippen LogP contribution in [0.15, 0.2) is 27.6 Å². The van der Waals surface area contributed by atoms with E-state index in [0.29, 0.717) is 6.10 Å². The molecule has 1 aliphatic rings. The van der Waals surface area contributed by atoms with E-state index in [4.69, 9.17) is 4.74 Å². The summed E-state index contributed by atoms with van der Waals surface area (Å²) in [7, 11) is 0.